The molecular formula is C10H14F3N3O3. The fourth-order valence-corrected chi connectivity index (χ4v) is 1.37. The Morgan fingerprint density at radius 3 is 2.53 bits per heavy atom. The zero-order valence-electron chi connectivity index (χ0n) is 10.4. The summed E-state index contributed by atoms with van der Waals surface area (Å²) in [7, 11) is 0. The van der Waals surface area contributed by atoms with Crippen molar-refractivity contribution in [1.29, 1.82) is 0 Å². The number of alkyl halides is 3. The molecular weight excluding hydrogens is 267 g/mol. The second-order valence-electron chi connectivity index (χ2n) is 4.36. The van der Waals surface area contributed by atoms with Gasteiger partial charge in [-0.05, 0) is 0 Å². The summed E-state index contributed by atoms with van der Waals surface area (Å²) in [6.07, 6.45) is -4.49. The minimum absolute atomic E-state index is 0.0203. The van der Waals surface area contributed by atoms with Crippen LogP contribution in [-0.2, 0) is 11.3 Å². The van der Waals surface area contributed by atoms with E-state index in [1.807, 2.05) is 0 Å². The lowest BCUT2D eigenvalue weighted by atomic mass is 10.2. The first-order valence-electron chi connectivity index (χ1n) is 5.50. The van der Waals surface area contributed by atoms with Crippen molar-refractivity contribution in [3.05, 3.63) is 11.7 Å². The highest BCUT2D eigenvalue weighted by molar-refractivity contribution is 5.69. The van der Waals surface area contributed by atoms with Crippen molar-refractivity contribution in [1.82, 2.24) is 15.0 Å². The molecule has 1 aromatic heterocycles. The summed E-state index contributed by atoms with van der Waals surface area (Å²) in [4.78, 5) is 15.1. The van der Waals surface area contributed by atoms with Gasteiger partial charge in [0.25, 0.3) is 0 Å². The zero-order chi connectivity index (χ0) is 14.6. The van der Waals surface area contributed by atoms with E-state index in [1.54, 1.807) is 13.8 Å². The third kappa shape index (κ3) is 5.69. The van der Waals surface area contributed by atoms with Gasteiger partial charge in [-0.15, -0.1) is 0 Å². The number of nitrogens with zero attached hydrogens (tertiary/aromatic N) is 3. The van der Waals surface area contributed by atoms with Gasteiger partial charge in [0.2, 0.25) is 5.89 Å². The molecule has 1 aromatic rings. The molecule has 0 spiro atoms. The number of rotatable bonds is 6. The molecule has 0 aromatic carbocycles. The quantitative estimate of drug-likeness (QED) is 0.854. The Labute approximate surface area is 107 Å². The topological polar surface area (TPSA) is 79.5 Å². The van der Waals surface area contributed by atoms with Crippen molar-refractivity contribution in [3.8, 4) is 0 Å². The fraction of sp³-hybridized carbons (Fsp3) is 0.700. The standard InChI is InChI=1S/C10H14F3N3O3/c1-6(2)9-14-7(19-15-9)3-16(4-8(17)18)5-10(11,12)13/h6H,3-5H2,1-2H3,(H,17,18). The van der Waals surface area contributed by atoms with Crippen molar-refractivity contribution in [2.24, 2.45) is 0 Å². The van der Waals surface area contributed by atoms with Crippen LogP contribution in [0, 0.1) is 0 Å². The van der Waals surface area contributed by atoms with Crippen LogP contribution >= 0.6 is 0 Å². The van der Waals surface area contributed by atoms with Crippen LogP contribution < -0.4 is 0 Å². The Hall–Kier alpha value is -1.64. The van der Waals surface area contributed by atoms with Crippen molar-refractivity contribution >= 4 is 5.97 Å². The first kappa shape index (κ1) is 15.4. The van der Waals surface area contributed by atoms with E-state index >= 15 is 0 Å². The summed E-state index contributed by atoms with van der Waals surface area (Å²) in [6.45, 7) is 1.15. The summed E-state index contributed by atoms with van der Waals surface area (Å²) in [5.74, 6) is -1.03. The number of halogens is 3. The van der Waals surface area contributed by atoms with E-state index in [0.717, 1.165) is 0 Å². The largest absolute Gasteiger partial charge is 0.480 e. The molecule has 0 amide bonds. The second-order valence-corrected chi connectivity index (χ2v) is 4.36. The van der Waals surface area contributed by atoms with Gasteiger partial charge in [0.15, 0.2) is 5.82 Å². The number of carboxylic acid groups (broad SMARTS) is 1. The molecule has 1 rings (SSSR count). The number of aliphatic carboxylic acids is 1. The van der Waals surface area contributed by atoms with Gasteiger partial charge in [0.05, 0.1) is 19.6 Å². The van der Waals surface area contributed by atoms with Crippen molar-refractivity contribution in [2.45, 2.75) is 32.5 Å². The number of carbonyl (C=O) groups is 1. The van der Waals surface area contributed by atoms with Crippen LogP contribution in [0.5, 0.6) is 0 Å². The van der Waals surface area contributed by atoms with E-state index in [2.05, 4.69) is 10.1 Å². The number of carboxylic acids is 1. The normalized spacial score (nSPS) is 12.4. The minimum Gasteiger partial charge on any atom is -0.480 e. The average molecular weight is 281 g/mol. The molecule has 19 heavy (non-hydrogen) atoms. The molecule has 0 saturated carbocycles. The lowest BCUT2D eigenvalue weighted by molar-refractivity contribution is -0.155. The Kier molecular flexibility index (Phi) is 4.87. The van der Waals surface area contributed by atoms with Crippen LogP contribution in [0.25, 0.3) is 0 Å². The van der Waals surface area contributed by atoms with Gasteiger partial charge in [-0.2, -0.15) is 18.2 Å². The Morgan fingerprint density at radius 1 is 1.47 bits per heavy atom. The molecule has 0 radical (unpaired) electrons. The van der Waals surface area contributed by atoms with Gasteiger partial charge in [0.1, 0.15) is 0 Å². The number of hydrogen-bond donors (Lipinski definition) is 1. The van der Waals surface area contributed by atoms with E-state index in [4.69, 9.17) is 9.63 Å². The Morgan fingerprint density at radius 2 is 2.11 bits per heavy atom. The maximum absolute atomic E-state index is 12.3. The third-order valence-corrected chi connectivity index (χ3v) is 2.12. The molecule has 0 bridgehead atoms. The van der Waals surface area contributed by atoms with Gasteiger partial charge < -0.3 is 9.63 Å². The first-order chi connectivity index (χ1) is 8.67. The van der Waals surface area contributed by atoms with Gasteiger partial charge in [-0.3, -0.25) is 9.69 Å². The fourth-order valence-electron chi connectivity index (χ4n) is 1.37. The maximum Gasteiger partial charge on any atom is 0.401 e. The molecule has 6 nitrogen and oxygen atoms in total. The molecule has 1 N–H and O–H groups in total. The molecule has 0 fully saturated rings. The highest BCUT2D eigenvalue weighted by Crippen LogP contribution is 2.18. The van der Waals surface area contributed by atoms with Crippen molar-refractivity contribution < 1.29 is 27.6 Å². The van der Waals surface area contributed by atoms with E-state index in [1.165, 1.54) is 0 Å². The van der Waals surface area contributed by atoms with Crippen LogP contribution in [0.3, 0.4) is 0 Å². The molecule has 0 aliphatic rings. The molecule has 0 unspecified atom stereocenters. The third-order valence-electron chi connectivity index (χ3n) is 2.12. The van der Waals surface area contributed by atoms with Crippen molar-refractivity contribution in [2.75, 3.05) is 13.1 Å². The summed E-state index contributed by atoms with van der Waals surface area (Å²) in [5, 5.41) is 12.2. The van der Waals surface area contributed by atoms with E-state index in [0.29, 0.717) is 10.7 Å². The summed E-state index contributed by atoms with van der Waals surface area (Å²) in [5.41, 5.74) is 0. The second kappa shape index (κ2) is 6.00. The lowest BCUT2D eigenvalue weighted by Crippen LogP contribution is -2.37. The molecule has 0 atom stereocenters. The molecule has 1 heterocycles. The van der Waals surface area contributed by atoms with Gasteiger partial charge in [-0.1, -0.05) is 19.0 Å². The summed E-state index contributed by atoms with van der Waals surface area (Å²) in [6, 6.07) is 0. The van der Waals surface area contributed by atoms with Crippen molar-refractivity contribution in [3.63, 3.8) is 0 Å². The molecule has 0 aliphatic carbocycles. The minimum atomic E-state index is -4.49. The van der Waals surface area contributed by atoms with Gasteiger partial charge in [0, 0.05) is 5.92 Å². The summed E-state index contributed by atoms with van der Waals surface area (Å²) >= 11 is 0. The zero-order valence-corrected chi connectivity index (χ0v) is 10.4. The SMILES string of the molecule is CC(C)c1noc(CN(CC(=O)O)CC(F)(F)F)n1. The monoisotopic (exact) mass is 281 g/mol. The molecule has 0 saturated heterocycles. The van der Waals surface area contributed by atoms with Crippen LogP contribution in [0.4, 0.5) is 13.2 Å². The maximum atomic E-state index is 12.3. The Bertz CT molecular complexity index is 431. The molecule has 9 heteroatoms. The lowest BCUT2D eigenvalue weighted by Gasteiger charge is -2.19. The van der Waals surface area contributed by atoms with E-state index < -0.39 is 25.2 Å². The predicted molar refractivity (Wildman–Crippen MR) is 57.4 cm³/mol. The van der Waals surface area contributed by atoms with E-state index in [-0.39, 0.29) is 18.4 Å². The van der Waals surface area contributed by atoms with Gasteiger partial charge >= 0.3 is 12.1 Å². The van der Waals surface area contributed by atoms with Crippen LogP contribution in [0.2, 0.25) is 0 Å². The summed E-state index contributed by atoms with van der Waals surface area (Å²) < 4.78 is 41.7. The highest BCUT2D eigenvalue weighted by Gasteiger charge is 2.32. The van der Waals surface area contributed by atoms with Crippen LogP contribution in [0.15, 0.2) is 4.52 Å². The van der Waals surface area contributed by atoms with Crippen LogP contribution in [-0.4, -0.2) is 45.4 Å². The molecule has 108 valence electrons. The average Bonchev–Trinajstić information content (AvgIpc) is 2.62. The van der Waals surface area contributed by atoms with E-state index in [9.17, 15) is 18.0 Å². The number of hydrogen-bond acceptors (Lipinski definition) is 5. The Balaban J connectivity index is 2.72. The molecule has 0 aliphatic heterocycles. The highest BCUT2D eigenvalue weighted by atomic mass is 19.4. The first-order valence-corrected chi connectivity index (χ1v) is 5.50. The predicted octanol–water partition coefficient (Wildman–Crippen LogP) is 1.64. The van der Waals surface area contributed by atoms with Crippen LogP contribution in [0.1, 0.15) is 31.5 Å². The number of aromatic nitrogens is 2. The van der Waals surface area contributed by atoms with Gasteiger partial charge in [-0.25, -0.2) is 0 Å². The smallest absolute Gasteiger partial charge is 0.401 e.